The number of hydrogen-bond donors (Lipinski definition) is 0. The smallest absolute Gasteiger partial charge is 0.338 e. The van der Waals surface area contributed by atoms with Crippen molar-refractivity contribution in [1.29, 1.82) is 0 Å². The van der Waals surface area contributed by atoms with Crippen molar-refractivity contribution in [3.8, 4) is 0 Å². The SMILES string of the molecule is Cc1cc2c(cc1[C@H]1CO1)COC2=O. The lowest BCUT2D eigenvalue weighted by atomic mass is 9.99. The number of carbonyl (C=O) groups excluding carboxylic acids is 1. The molecule has 0 N–H and O–H groups in total. The van der Waals surface area contributed by atoms with Gasteiger partial charge in [0.05, 0.1) is 12.2 Å². The van der Waals surface area contributed by atoms with Crippen LogP contribution >= 0.6 is 0 Å². The van der Waals surface area contributed by atoms with Gasteiger partial charge in [-0.1, -0.05) is 0 Å². The molecule has 1 aromatic carbocycles. The first-order valence-corrected chi connectivity index (χ1v) is 4.68. The lowest BCUT2D eigenvalue weighted by molar-refractivity contribution is 0.0535. The zero-order chi connectivity index (χ0) is 9.71. The molecule has 2 aliphatic heterocycles. The van der Waals surface area contributed by atoms with E-state index in [2.05, 4.69) is 0 Å². The summed E-state index contributed by atoms with van der Waals surface area (Å²) in [6.07, 6.45) is 0.246. The lowest BCUT2D eigenvalue weighted by Crippen LogP contribution is -1.96. The predicted octanol–water partition coefficient (Wildman–Crippen LogP) is 1.74. The van der Waals surface area contributed by atoms with Crippen molar-refractivity contribution in [2.75, 3.05) is 6.61 Å². The first kappa shape index (κ1) is 8.00. The fraction of sp³-hybridized carbons (Fsp3) is 0.364. The number of carbonyl (C=O) groups is 1. The third-order valence-corrected chi connectivity index (χ3v) is 2.75. The third-order valence-electron chi connectivity index (χ3n) is 2.75. The van der Waals surface area contributed by atoms with Gasteiger partial charge in [-0.25, -0.2) is 4.79 Å². The van der Waals surface area contributed by atoms with Gasteiger partial charge in [-0.15, -0.1) is 0 Å². The third kappa shape index (κ3) is 1.06. The summed E-state index contributed by atoms with van der Waals surface area (Å²) in [5, 5.41) is 0. The molecule has 0 amide bonds. The molecule has 1 aromatic rings. The van der Waals surface area contributed by atoms with Crippen LogP contribution in [0.4, 0.5) is 0 Å². The number of fused-ring (bicyclic) bond motifs is 1. The summed E-state index contributed by atoms with van der Waals surface area (Å²) in [5.74, 6) is -0.202. The normalized spacial score (nSPS) is 23.2. The number of ether oxygens (including phenoxy) is 2. The maximum Gasteiger partial charge on any atom is 0.338 e. The maximum atomic E-state index is 11.3. The quantitative estimate of drug-likeness (QED) is 0.500. The Kier molecular flexibility index (Phi) is 1.47. The van der Waals surface area contributed by atoms with E-state index in [9.17, 15) is 4.79 Å². The molecule has 0 aromatic heterocycles. The number of hydrogen-bond acceptors (Lipinski definition) is 3. The molecule has 1 saturated heterocycles. The van der Waals surface area contributed by atoms with Gasteiger partial charge in [0.25, 0.3) is 0 Å². The minimum absolute atomic E-state index is 0.202. The number of rotatable bonds is 1. The van der Waals surface area contributed by atoms with Crippen molar-refractivity contribution < 1.29 is 14.3 Å². The molecule has 0 saturated carbocycles. The maximum absolute atomic E-state index is 11.3. The summed E-state index contributed by atoms with van der Waals surface area (Å²) in [5.41, 5.74) is 4.02. The Hall–Kier alpha value is -1.35. The molecular weight excluding hydrogens is 180 g/mol. The van der Waals surface area contributed by atoms with Crippen LogP contribution < -0.4 is 0 Å². The fourth-order valence-corrected chi connectivity index (χ4v) is 1.88. The Balaban J connectivity index is 2.14. The molecular formula is C11H10O3. The zero-order valence-electron chi connectivity index (χ0n) is 7.87. The second-order valence-corrected chi connectivity index (χ2v) is 3.76. The van der Waals surface area contributed by atoms with E-state index >= 15 is 0 Å². The number of benzene rings is 1. The second kappa shape index (κ2) is 2.58. The van der Waals surface area contributed by atoms with Crippen LogP contribution in [0.2, 0.25) is 0 Å². The predicted molar refractivity (Wildman–Crippen MR) is 49.0 cm³/mol. The minimum Gasteiger partial charge on any atom is -0.457 e. The number of epoxide rings is 1. The largest absolute Gasteiger partial charge is 0.457 e. The summed E-state index contributed by atoms with van der Waals surface area (Å²) in [7, 11) is 0. The Morgan fingerprint density at radius 3 is 2.93 bits per heavy atom. The molecule has 0 aliphatic carbocycles. The first-order chi connectivity index (χ1) is 6.75. The first-order valence-electron chi connectivity index (χ1n) is 4.68. The molecule has 3 nitrogen and oxygen atoms in total. The van der Waals surface area contributed by atoms with Gasteiger partial charge >= 0.3 is 5.97 Å². The van der Waals surface area contributed by atoms with Crippen molar-refractivity contribution in [3.63, 3.8) is 0 Å². The van der Waals surface area contributed by atoms with Gasteiger partial charge < -0.3 is 9.47 Å². The summed E-state index contributed by atoms with van der Waals surface area (Å²) in [6.45, 7) is 3.21. The van der Waals surface area contributed by atoms with Crippen LogP contribution in [0.15, 0.2) is 12.1 Å². The molecule has 3 heteroatoms. The molecule has 0 radical (unpaired) electrons. The lowest BCUT2D eigenvalue weighted by Gasteiger charge is -2.03. The Morgan fingerprint density at radius 1 is 1.43 bits per heavy atom. The van der Waals surface area contributed by atoms with E-state index in [4.69, 9.17) is 9.47 Å². The van der Waals surface area contributed by atoms with Crippen LogP contribution in [0.5, 0.6) is 0 Å². The van der Waals surface area contributed by atoms with E-state index in [0.717, 1.165) is 17.7 Å². The van der Waals surface area contributed by atoms with E-state index in [-0.39, 0.29) is 12.1 Å². The standard InChI is InChI=1S/C11H10O3/c1-6-2-9-7(4-14-11(9)12)3-8(6)10-5-13-10/h2-3,10H,4-5H2,1H3/t10-/m1/s1. The molecule has 1 atom stereocenters. The minimum atomic E-state index is -0.202. The van der Waals surface area contributed by atoms with Crippen LogP contribution in [-0.2, 0) is 16.1 Å². The van der Waals surface area contributed by atoms with E-state index in [1.165, 1.54) is 5.56 Å². The highest BCUT2D eigenvalue weighted by atomic mass is 16.6. The van der Waals surface area contributed by atoms with Gasteiger partial charge in [-0.2, -0.15) is 0 Å². The Morgan fingerprint density at radius 2 is 2.21 bits per heavy atom. The Bertz CT molecular complexity index is 419. The van der Waals surface area contributed by atoms with Gasteiger partial charge in [-0.05, 0) is 30.2 Å². The summed E-state index contributed by atoms with van der Waals surface area (Å²) < 4.78 is 10.2. The molecule has 3 rings (SSSR count). The Labute approximate surface area is 81.6 Å². The number of cyclic esters (lactones) is 1. The number of esters is 1. The van der Waals surface area contributed by atoms with Gasteiger partial charge in [0.2, 0.25) is 0 Å². The summed E-state index contributed by atoms with van der Waals surface area (Å²) in [6, 6.07) is 3.94. The second-order valence-electron chi connectivity index (χ2n) is 3.76. The zero-order valence-corrected chi connectivity index (χ0v) is 7.87. The van der Waals surface area contributed by atoms with Gasteiger partial charge in [0, 0.05) is 5.56 Å². The van der Waals surface area contributed by atoms with E-state index < -0.39 is 0 Å². The van der Waals surface area contributed by atoms with Crippen LogP contribution in [0, 0.1) is 6.92 Å². The van der Waals surface area contributed by atoms with Crippen LogP contribution in [0.3, 0.4) is 0 Å². The van der Waals surface area contributed by atoms with Crippen LogP contribution in [0.1, 0.15) is 33.2 Å². The molecule has 0 unspecified atom stereocenters. The molecule has 72 valence electrons. The van der Waals surface area contributed by atoms with Crippen molar-refractivity contribution in [2.24, 2.45) is 0 Å². The average molecular weight is 190 g/mol. The van der Waals surface area contributed by atoms with Crippen LogP contribution in [-0.4, -0.2) is 12.6 Å². The topological polar surface area (TPSA) is 38.8 Å². The molecule has 0 spiro atoms. The van der Waals surface area contributed by atoms with Gasteiger partial charge in [0.1, 0.15) is 12.7 Å². The molecule has 14 heavy (non-hydrogen) atoms. The van der Waals surface area contributed by atoms with Crippen molar-refractivity contribution in [1.82, 2.24) is 0 Å². The van der Waals surface area contributed by atoms with Crippen molar-refractivity contribution >= 4 is 5.97 Å². The molecule has 1 fully saturated rings. The van der Waals surface area contributed by atoms with Gasteiger partial charge in [0.15, 0.2) is 0 Å². The van der Waals surface area contributed by atoms with E-state index in [1.807, 2.05) is 19.1 Å². The van der Waals surface area contributed by atoms with E-state index in [0.29, 0.717) is 12.2 Å². The van der Waals surface area contributed by atoms with E-state index in [1.54, 1.807) is 0 Å². The molecule has 2 heterocycles. The van der Waals surface area contributed by atoms with Crippen LogP contribution in [0.25, 0.3) is 0 Å². The highest BCUT2D eigenvalue weighted by Crippen LogP contribution is 2.35. The van der Waals surface area contributed by atoms with Gasteiger partial charge in [-0.3, -0.25) is 0 Å². The molecule has 2 aliphatic rings. The average Bonchev–Trinajstić information content (AvgIpc) is 2.94. The molecule has 0 bridgehead atoms. The fourth-order valence-electron chi connectivity index (χ4n) is 1.88. The highest BCUT2D eigenvalue weighted by molar-refractivity contribution is 5.93. The van der Waals surface area contributed by atoms with Crippen molar-refractivity contribution in [2.45, 2.75) is 19.6 Å². The highest BCUT2D eigenvalue weighted by Gasteiger charge is 2.30. The summed E-state index contributed by atoms with van der Waals surface area (Å²) >= 11 is 0. The number of aryl methyl sites for hydroxylation is 1. The monoisotopic (exact) mass is 190 g/mol. The van der Waals surface area contributed by atoms with Crippen molar-refractivity contribution in [3.05, 3.63) is 34.4 Å². The summed E-state index contributed by atoms with van der Waals surface area (Å²) in [4.78, 5) is 11.3.